The van der Waals surface area contributed by atoms with E-state index in [1.807, 2.05) is 49.1 Å². The molecular weight excluding hydrogens is 505 g/mol. The maximum Gasteiger partial charge on any atom is 0.251 e. The minimum atomic E-state index is -0.809. The molecule has 0 radical (unpaired) electrons. The molecule has 0 spiro atoms. The van der Waals surface area contributed by atoms with Crippen LogP contribution in [-0.4, -0.2) is 40.4 Å². The van der Waals surface area contributed by atoms with Gasteiger partial charge in [0.15, 0.2) is 0 Å². The monoisotopic (exact) mass is 545 g/mol. The first-order valence-corrected chi connectivity index (χ1v) is 14.1. The Bertz CT molecular complexity index is 1400. The Kier molecular flexibility index (Phi) is 9.36. The largest absolute Gasteiger partial charge is 0.347 e. The summed E-state index contributed by atoms with van der Waals surface area (Å²) in [6.07, 6.45) is 1.52. The minimum absolute atomic E-state index is 0.0388. The lowest BCUT2D eigenvalue weighted by atomic mass is 9.92. The van der Waals surface area contributed by atoms with Crippen molar-refractivity contribution in [2.24, 2.45) is 5.92 Å². The average Bonchev–Trinajstić information content (AvgIpc) is 2.87. The van der Waals surface area contributed by atoms with Crippen LogP contribution in [0.2, 0.25) is 0 Å². The zero-order valence-corrected chi connectivity index (χ0v) is 24.1. The second-order valence-electron chi connectivity index (χ2n) is 11.6. The van der Waals surface area contributed by atoms with Crippen LogP contribution in [0.5, 0.6) is 0 Å². The molecule has 0 bridgehead atoms. The Hall–Kier alpha value is -3.58. The number of nitrogens with zero attached hydrogens (tertiary/aromatic N) is 2. The highest BCUT2D eigenvalue weighted by Crippen LogP contribution is 2.30. The standard InChI is InChI=1S/C33H40FN3O3/c1-21(2)14-30(37-18-25(12-13-31(37)39)17-36-19-28(34)20-36)33(40)35-29(15-24(5)38)26-10-7-11-27(16-26)32-22(3)8-6-9-23(32)4/h6-13,16,18,21,28-30H,14-15,17,19-20H2,1-5H3,(H,35,40)/t29-,30?/m0/s1. The number of Topliss-reactive ketones (excluding diaryl/α,β-unsaturated/α-hetero) is 1. The molecule has 2 heterocycles. The molecule has 7 heteroatoms. The molecule has 3 aromatic rings. The second-order valence-corrected chi connectivity index (χ2v) is 11.6. The van der Waals surface area contributed by atoms with Crippen molar-refractivity contribution in [3.8, 4) is 11.1 Å². The van der Waals surface area contributed by atoms with Crippen LogP contribution in [0.25, 0.3) is 11.1 Å². The molecule has 1 aliphatic heterocycles. The van der Waals surface area contributed by atoms with E-state index in [9.17, 15) is 18.8 Å². The summed E-state index contributed by atoms with van der Waals surface area (Å²) in [6, 6.07) is 16.1. The molecule has 4 rings (SSSR count). The summed E-state index contributed by atoms with van der Waals surface area (Å²) < 4.78 is 14.8. The number of carbonyl (C=O) groups is 2. The Balaban J connectivity index is 1.64. The highest BCUT2D eigenvalue weighted by Gasteiger charge is 2.28. The van der Waals surface area contributed by atoms with Crippen molar-refractivity contribution in [2.75, 3.05) is 13.1 Å². The predicted molar refractivity (Wildman–Crippen MR) is 157 cm³/mol. The van der Waals surface area contributed by atoms with Crippen LogP contribution >= 0.6 is 0 Å². The first kappa shape index (κ1) is 29.4. The van der Waals surface area contributed by atoms with Gasteiger partial charge in [-0.2, -0.15) is 0 Å². The molecule has 212 valence electrons. The minimum Gasteiger partial charge on any atom is -0.347 e. The molecule has 2 atom stereocenters. The normalized spacial score (nSPS) is 15.5. The van der Waals surface area contributed by atoms with E-state index >= 15 is 0 Å². The van der Waals surface area contributed by atoms with Crippen LogP contribution in [0.15, 0.2) is 65.6 Å². The van der Waals surface area contributed by atoms with E-state index in [0.29, 0.717) is 26.1 Å². The van der Waals surface area contributed by atoms with Crippen LogP contribution in [0.1, 0.15) is 68.0 Å². The van der Waals surface area contributed by atoms with Crippen molar-refractivity contribution in [3.05, 3.63) is 93.4 Å². The fourth-order valence-electron chi connectivity index (χ4n) is 5.56. The van der Waals surface area contributed by atoms with E-state index in [-0.39, 0.29) is 29.6 Å². The van der Waals surface area contributed by atoms with E-state index in [4.69, 9.17) is 0 Å². The number of benzene rings is 2. The van der Waals surface area contributed by atoms with Gasteiger partial charge in [0.05, 0.1) is 6.04 Å². The first-order chi connectivity index (χ1) is 19.0. The van der Waals surface area contributed by atoms with Gasteiger partial charge >= 0.3 is 0 Å². The molecular formula is C33H40FN3O3. The van der Waals surface area contributed by atoms with Crippen molar-refractivity contribution in [2.45, 2.75) is 72.3 Å². The third kappa shape index (κ3) is 7.13. The number of rotatable bonds is 11. The molecule has 6 nitrogen and oxygen atoms in total. The van der Waals surface area contributed by atoms with E-state index in [0.717, 1.165) is 33.4 Å². The Morgan fingerprint density at radius 2 is 1.70 bits per heavy atom. The highest BCUT2D eigenvalue weighted by molar-refractivity contribution is 5.83. The van der Waals surface area contributed by atoms with E-state index < -0.39 is 18.3 Å². The molecule has 1 aliphatic rings. The quantitative estimate of drug-likeness (QED) is 0.335. The summed E-state index contributed by atoms with van der Waals surface area (Å²) in [5, 5.41) is 3.11. The number of carbonyl (C=O) groups excluding carboxylic acids is 2. The summed E-state index contributed by atoms with van der Waals surface area (Å²) in [5.41, 5.74) is 5.90. The van der Waals surface area contributed by atoms with Gasteiger partial charge in [0.1, 0.15) is 18.0 Å². The molecule has 0 aliphatic carbocycles. The van der Waals surface area contributed by atoms with Crippen LogP contribution in [0, 0.1) is 19.8 Å². The highest BCUT2D eigenvalue weighted by atomic mass is 19.1. The van der Waals surface area contributed by atoms with Crippen molar-refractivity contribution >= 4 is 11.7 Å². The van der Waals surface area contributed by atoms with Gasteiger partial charge in [-0.15, -0.1) is 0 Å². The number of ketones is 1. The van der Waals surface area contributed by atoms with Crippen LogP contribution in [0.4, 0.5) is 4.39 Å². The van der Waals surface area contributed by atoms with Crippen LogP contribution in [-0.2, 0) is 16.1 Å². The SMILES string of the molecule is CC(=O)C[C@H](NC(=O)C(CC(C)C)n1cc(CN2CC(F)C2)ccc1=O)c1cccc(-c2c(C)cccc2C)c1. The lowest BCUT2D eigenvalue weighted by Crippen LogP contribution is -2.47. The summed E-state index contributed by atoms with van der Waals surface area (Å²) in [6.45, 7) is 11.0. The number of halogens is 1. The van der Waals surface area contributed by atoms with Crippen molar-refractivity contribution in [1.29, 1.82) is 0 Å². The van der Waals surface area contributed by atoms with E-state index in [1.165, 1.54) is 17.6 Å². The van der Waals surface area contributed by atoms with Gasteiger partial charge in [0, 0.05) is 38.3 Å². The molecule has 1 unspecified atom stereocenters. The lowest BCUT2D eigenvalue weighted by Gasteiger charge is -2.34. The van der Waals surface area contributed by atoms with Gasteiger partial charge in [-0.05, 0) is 72.6 Å². The second kappa shape index (κ2) is 12.7. The number of amides is 1. The number of hydrogen-bond donors (Lipinski definition) is 1. The van der Waals surface area contributed by atoms with Gasteiger partial charge in [-0.25, -0.2) is 4.39 Å². The molecule has 1 N–H and O–H groups in total. The third-order valence-electron chi connectivity index (χ3n) is 7.52. The smallest absolute Gasteiger partial charge is 0.251 e. The van der Waals surface area contributed by atoms with Gasteiger partial charge in [-0.3, -0.25) is 19.3 Å². The topological polar surface area (TPSA) is 71.4 Å². The van der Waals surface area contributed by atoms with Crippen molar-refractivity contribution in [1.82, 2.24) is 14.8 Å². The predicted octanol–water partition coefficient (Wildman–Crippen LogP) is 5.71. The summed E-state index contributed by atoms with van der Waals surface area (Å²) >= 11 is 0. The van der Waals surface area contributed by atoms with Crippen molar-refractivity contribution < 1.29 is 14.0 Å². The number of aryl methyl sites for hydroxylation is 2. The molecule has 1 amide bonds. The summed E-state index contributed by atoms with van der Waals surface area (Å²) in [5.74, 6) is -0.194. The fourth-order valence-corrected chi connectivity index (χ4v) is 5.56. The maximum atomic E-state index is 13.9. The number of pyridine rings is 1. The van der Waals surface area contributed by atoms with Gasteiger partial charge in [-0.1, -0.05) is 56.3 Å². The van der Waals surface area contributed by atoms with Gasteiger partial charge in [0.2, 0.25) is 5.91 Å². The Morgan fingerprint density at radius 1 is 1.02 bits per heavy atom. The van der Waals surface area contributed by atoms with Crippen LogP contribution < -0.4 is 10.9 Å². The van der Waals surface area contributed by atoms with Crippen molar-refractivity contribution in [3.63, 3.8) is 0 Å². The summed E-state index contributed by atoms with van der Waals surface area (Å²) in [4.78, 5) is 41.1. The molecule has 1 saturated heterocycles. The Labute approximate surface area is 236 Å². The Morgan fingerprint density at radius 3 is 2.33 bits per heavy atom. The number of nitrogens with one attached hydrogen (secondary N) is 1. The fraction of sp³-hybridized carbons (Fsp3) is 0.424. The van der Waals surface area contributed by atoms with E-state index in [2.05, 4.69) is 31.3 Å². The molecule has 40 heavy (non-hydrogen) atoms. The molecule has 1 aromatic heterocycles. The number of aromatic nitrogens is 1. The number of likely N-dealkylation sites (tertiary alicyclic amines) is 1. The lowest BCUT2D eigenvalue weighted by molar-refractivity contribution is -0.126. The summed E-state index contributed by atoms with van der Waals surface area (Å²) in [7, 11) is 0. The number of alkyl halides is 1. The molecule has 1 fully saturated rings. The molecule has 0 saturated carbocycles. The van der Waals surface area contributed by atoms with Gasteiger partial charge < -0.3 is 9.88 Å². The maximum absolute atomic E-state index is 13.9. The average molecular weight is 546 g/mol. The zero-order valence-electron chi connectivity index (χ0n) is 24.1. The first-order valence-electron chi connectivity index (χ1n) is 14.1. The van der Waals surface area contributed by atoms with Crippen LogP contribution in [0.3, 0.4) is 0 Å². The number of hydrogen-bond acceptors (Lipinski definition) is 4. The van der Waals surface area contributed by atoms with Gasteiger partial charge in [0.25, 0.3) is 5.56 Å². The third-order valence-corrected chi connectivity index (χ3v) is 7.52. The van der Waals surface area contributed by atoms with E-state index in [1.54, 1.807) is 12.3 Å². The molecule has 2 aromatic carbocycles. The zero-order chi connectivity index (χ0) is 29.0.